The summed E-state index contributed by atoms with van der Waals surface area (Å²) in [5, 5.41) is 0. The summed E-state index contributed by atoms with van der Waals surface area (Å²) in [7, 11) is 2.24. The third-order valence-corrected chi connectivity index (χ3v) is 4.00. The maximum atomic E-state index is 2.58. The van der Waals surface area contributed by atoms with Crippen LogP contribution < -0.4 is 0 Å². The standard InChI is InChI=1S/C14H20N2/c1-15-8-7-14(10-15)11-16(12-14)9-13-5-3-2-4-6-13/h2-6H,7-12H2,1H3. The van der Waals surface area contributed by atoms with Crippen molar-refractivity contribution in [1.29, 1.82) is 0 Å². The van der Waals surface area contributed by atoms with E-state index in [1.54, 1.807) is 0 Å². The first-order valence-corrected chi connectivity index (χ1v) is 6.21. The van der Waals surface area contributed by atoms with Crippen LogP contribution in [-0.2, 0) is 6.54 Å². The molecule has 2 aliphatic heterocycles. The number of likely N-dealkylation sites (tertiary alicyclic amines) is 2. The average Bonchev–Trinajstić information content (AvgIpc) is 2.62. The SMILES string of the molecule is CN1CCC2(C1)CN(Cc1ccccc1)C2. The van der Waals surface area contributed by atoms with Crippen molar-refractivity contribution >= 4 is 0 Å². The lowest BCUT2D eigenvalue weighted by Gasteiger charge is -2.48. The minimum absolute atomic E-state index is 0.642. The zero-order chi connectivity index (χ0) is 11.0. The summed E-state index contributed by atoms with van der Waals surface area (Å²) in [6, 6.07) is 10.8. The molecule has 0 atom stereocenters. The van der Waals surface area contributed by atoms with Crippen LogP contribution in [0.15, 0.2) is 30.3 Å². The predicted molar refractivity (Wildman–Crippen MR) is 66.3 cm³/mol. The van der Waals surface area contributed by atoms with E-state index in [9.17, 15) is 0 Å². The highest BCUT2D eigenvalue weighted by atomic mass is 15.3. The largest absolute Gasteiger partial charge is 0.306 e. The Labute approximate surface area is 97.9 Å². The lowest BCUT2D eigenvalue weighted by Crippen LogP contribution is -2.56. The predicted octanol–water partition coefficient (Wildman–Crippen LogP) is 1.82. The van der Waals surface area contributed by atoms with E-state index < -0.39 is 0 Å². The van der Waals surface area contributed by atoms with Crippen LogP contribution >= 0.6 is 0 Å². The highest BCUT2D eigenvalue weighted by Gasteiger charge is 2.46. The van der Waals surface area contributed by atoms with Gasteiger partial charge in [-0.25, -0.2) is 0 Å². The van der Waals surface area contributed by atoms with E-state index in [-0.39, 0.29) is 0 Å². The maximum absolute atomic E-state index is 2.58. The van der Waals surface area contributed by atoms with Crippen molar-refractivity contribution in [3.05, 3.63) is 35.9 Å². The Morgan fingerprint density at radius 3 is 2.50 bits per heavy atom. The van der Waals surface area contributed by atoms with Gasteiger partial charge in [0.2, 0.25) is 0 Å². The fourth-order valence-corrected chi connectivity index (χ4v) is 3.27. The molecule has 2 nitrogen and oxygen atoms in total. The van der Waals surface area contributed by atoms with Crippen molar-refractivity contribution in [3.8, 4) is 0 Å². The lowest BCUT2D eigenvalue weighted by molar-refractivity contribution is 0.00377. The Balaban J connectivity index is 1.54. The Morgan fingerprint density at radius 1 is 1.12 bits per heavy atom. The Kier molecular flexibility index (Phi) is 2.49. The van der Waals surface area contributed by atoms with E-state index in [4.69, 9.17) is 0 Å². The third-order valence-electron chi connectivity index (χ3n) is 4.00. The molecule has 0 amide bonds. The number of hydrogen-bond donors (Lipinski definition) is 0. The monoisotopic (exact) mass is 216 g/mol. The van der Waals surface area contributed by atoms with E-state index in [0.717, 1.165) is 6.54 Å². The zero-order valence-electron chi connectivity index (χ0n) is 10.0. The van der Waals surface area contributed by atoms with E-state index in [2.05, 4.69) is 47.2 Å². The number of benzene rings is 1. The Hall–Kier alpha value is -0.860. The molecule has 2 heterocycles. The van der Waals surface area contributed by atoms with Gasteiger partial charge in [0.1, 0.15) is 0 Å². The minimum Gasteiger partial charge on any atom is -0.306 e. The van der Waals surface area contributed by atoms with Gasteiger partial charge in [-0.2, -0.15) is 0 Å². The van der Waals surface area contributed by atoms with Crippen molar-refractivity contribution in [2.45, 2.75) is 13.0 Å². The smallest absolute Gasteiger partial charge is 0.0234 e. The molecule has 2 saturated heterocycles. The van der Waals surface area contributed by atoms with Gasteiger partial charge < -0.3 is 4.90 Å². The van der Waals surface area contributed by atoms with Gasteiger partial charge >= 0.3 is 0 Å². The van der Waals surface area contributed by atoms with Gasteiger partial charge in [0, 0.05) is 31.6 Å². The summed E-state index contributed by atoms with van der Waals surface area (Å²) in [5.74, 6) is 0. The summed E-state index contributed by atoms with van der Waals surface area (Å²) >= 11 is 0. The van der Waals surface area contributed by atoms with Crippen molar-refractivity contribution in [1.82, 2.24) is 9.80 Å². The second-order valence-electron chi connectivity index (χ2n) is 5.62. The van der Waals surface area contributed by atoms with E-state index in [0.29, 0.717) is 5.41 Å². The zero-order valence-corrected chi connectivity index (χ0v) is 10.0. The van der Waals surface area contributed by atoms with Gasteiger partial charge in [-0.1, -0.05) is 30.3 Å². The quantitative estimate of drug-likeness (QED) is 0.744. The van der Waals surface area contributed by atoms with E-state index in [1.165, 1.54) is 38.2 Å². The van der Waals surface area contributed by atoms with Crippen molar-refractivity contribution in [2.24, 2.45) is 5.41 Å². The summed E-state index contributed by atoms with van der Waals surface area (Å²) in [4.78, 5) is 5.05. The second-order valence-corrected chi connectivity index (χ2v) is 5.62. The van der Waals surface area contributed by atoms with Crippen LogP contribution in [0.5, 0.6) is 0 Å². The molecule has 2 heteroatoms. The molecule has 2 aliphatic rings. The topological polar surface area (TPSA) is 6.48 Å². The molecular weight excluding hydrogens is 196 g/mol. The molecule has 2 fully saturated rings. The first kappa shape index (κ1) is 10.3. The van der Waals surface area contributed by atoms with Gasteiger partial charge in [-0.3, -0.25) is 4.90 Å². The molecule has 0 bridgehead atoms. The number of nitrogens with zero attached hydrogens (tertiary/aromatic N) is 2. The fourth-order valence-electron chi connectivity index (χ4n) is 3.27. The number of hydrogen-bond acceptors (Lipinski definition) is 2. The summed E-state index contributed by atoms with van der Waals surface area (Å²) in [6.45, 7) is 6.32. The molecule has 3 rings (SSSR count). The van der Waals surface area contributed by atoms with Crippen LogP contribution in [0.4, 0.5) is 0 Å². The van der Waals surface area contributed by atoms with Crippen molar-refractivity contribution in [3.63, 3.8) is 0 Å². The van der Waals surface area contributed by atoms with Gasteiger partial charge in [0.15, 0.2) is 0 Å². The molecular formula is C14H20N2. The molecule has 0 radical (unpaired) electrons. The van der Waals surface area contributed by atoms with Crippen molar-refractivity contribution in [2.75, 3.05) is 33.2 Å². The fraction of sp³-hybridized carbons (Fsp3) is 0.571. The van der Waals surface area contributed by atoms with Crippen LogP contribution in [0.25, 0.3) is 0 Å². The second kappa shape index (κ2) is 3.86. The molecule has 1 aromatic rings. The summed E-state index contributed by atoms with van der Waals surface area (Å²) < 4.78 is 0. The Morgan fingerprint density at radius 2 is 1.88 bits per heavy atom. The van der Waals surface area contributed by atoms with E-state index in [1.807, 2.05) is 0 Å². The summed E-state index contributed by atoms with van der Waals surface area (Å²) in [6.07, 6.45) is 1.40. The average molecular weight is 216 g/mol. The van der Waals surface area contributed by atoms with E-state index >= 15 is 0 Å². The normalized spacial score (nSPS) is 24.8. The molecule has 0 N–H and O–H groups in total. The van der Waals surface area contributed by atoms with Crippen LogP contribution in [0.2, 0.25) is 0 Å². The van der Waals surface area contributed by atoms with Crippen molar-refractivity contribution < 1.29 is 0 Å². The molecule has 1 aromatic carbocycles. The van der Waals surface area contributed by atoms with Gasteiger partial charge in [0.05, 0.1) is 0 Å². The molecule has 0 saturated carbocycles. The highest BCUT2D eigenvalue weighted by Crippen LogP contribution is 2.39. The summed E-state index contributed by atoms with van der Waals surface area (Å²) in [5.41, 5.74) is 2.09. The third kappa shape index (κ3) is 1.87. The molecule has 0 aliphatic carbocycles. The number of rotatable bonds is 2. The van der Waals surface area contributed by atoms with Crippen LogP contribution in [0.1, 0.15) is 12.0 Å². The molecule has 0 unspecified atom stereocenters. The maximum Gasteiger partial charge on any atom is 0.0234 e. The van der Waals surface area contributed by atoms with Gasteiger partial charge in [-0.05, 0) is 25.6 Å². The van der Waals surface area contributed by atoms with Gasteiger partial charge in [-0.15, -0.1) is 0 Å². The molecule has 0 aromatic heterocycles. The molecule has 1 spiro atoms. The lowest BCUT2D eigenvalue weighted by atomic mass is 9.79. The molecule has 16 heavy (non-hydrogen) atoms. The Bertz CT molecular complexity index is 354. The highest BCUT2D eigenvalue weighted by molar-refractivity contribution is 5.15. The first-order chi connectivity index (χ1) is 7.76. The van der Waals surface area contributed by atoms with Crippen LogP contribution in [0, 0.1) is 5.41 Å². The molecule has 86 valence electrons. The minimum atomic E-state index is 0.642. The van der Waals surface area contributed by atoms with Crippen LogP contribution in [0.3, 0.4) is 0 Å². The first-order valence-electron chi connectivity index (χ1n) is 6.21. The van der Waals surface area contributed by atoms with Gasteiger partial charge in [0.25, 0.3) is 0 Å². The van der Waals surface area contributed by atoms with Crippen LogP contribution in [-0.4, -0.2) is 43.0 Å².